The first-order valence-electron chi connectivity index (χ1n) is 14.3. The summed E-state index contributed by atoms with van der Waals surface area (Å²) >= 11 is 0. The number of benzene rings is 3. The summed E-state index contributed by atoms with van der Waals surface area (Å²) in [6.45, 7) is 21.1. The number of ether oxygens (including phenoxy) is 1. The van der Waals surface area contributed by atoms with Gasteiger partial charge in [-0.15, -0.1) is 0 Å². The second-order valence-electron chi connectivity index (χ2n) is 9.70. The first-order valence-corrected chi connectivity index (χ1v) is 14.3. The summed E-state index contributed by atoms with van der Waals surface area (Å²) in [6, 6.07) is 20.8. The van der Waals surface area contributed by atoms with E-state index in [1.54, 1.807) is 0 Å². The molecule has 0 amide bonds. The third-order valence-corrected chi connectivity index (χ3v) is 6.31. The van der Waals surface area contributed by atoms with Crippen molar-refractivity contribution in [1.29, 1.82) is 0 Å². The number of fused-ring (bicyclic) bond motifs is 5. The molecule has 5 rings (SSSR count). The Kier molecular flexibility index (Phi) is 11.7. The first kappa shape index (κ1) is 30.8. The normalized spacial score (nSPS) is 15.1. The van der Waals surface area contributed by atoms with Gasteiger partial charge in [0.25, 0.3) is 0 Å². The Bertz CT molecular complexity index is 1270. The molecular formula is C36H47NO. The molecule has 0 spiro atoms. The van der Waals surface area contributed by atoms with Gasteiger partial charge in [-0.1, -0.05) is 103 Å². The lowest BCUT2D eigenvalue weighted by Gasteiger charge is -2.36. The number of hydrogen-bond donors (Lipinski definition) is 1. The van der Waals surface area contributed by atoms with Crippen molar-refractivity contribution in [1.82, 2.24) is 0 Å². The van der Waals surface area contributed by atoms with E-state index in [0.29, 0.717) is 0 Å². The topological polar surface area (TPSA) is 21.3 Å². The average Bonchev–Trinajstić information content (AvgIpc) is 2.93. The predicted octanol–water partition coefficient (Wildman–Crippen LogP) is 10.6. The Morgan fingerprint density at radius 1 is 0.816 bits per heavy atom. The van der Waals surface area contributed by atoms with E-state index in [4.69, 9.17) is 4.74 Å². The van der Waals surface area contributed by atoms with E-state index in [2.05, 4.69) is 89.0 Å². The van der Waals surface area contributed by atoms with Crippen LogP contribution < -0.4 is 10.1 Å². The van der Waals surface area contributed by atoms with E-state index in [-0.39, 0.29) is 11.6 Å². The molecule has 2 nitrogen and oxygen atoms in total. The van der Waals surface area contributed by atoms with Crippen LogP contribution in [-0.2, 0) is 0 Å². The Morgan fingerprint density at radius 3 is 2.11 bits per heavy atom. The molecule has 3 aromatic rings. The number of rotatable bonds is 1. The van der Waals surface area contributed by atoms with Crippen molar-refractivity contribution >= 4 is 11.3 Å². The van der Waals surface area contributed by atoms with Crippen LogP contribution in [0.1, 0.15) is 104 Å². The van der Waals surface area contributed by atoms with Crippen molar-refractivity contribution in [3.8, 4) is 28.7 Å². The number of nitrogens with one attached hydrogen (secondary N) is 1. The fourth-order valence-corrected chi connectivity index (χ4v) is 4.68. The lowest BCUT2D eigenvalue weighted by molar-refractivity contribution is 0.260. The van der Waals surface area contributed by atoms with Crippen molar-refractivity contribution in [3.63, 3.8) is 0 Å². The van der Waals surface area contributed by atoms with Crippen molar-refractivity contribution in [2.45, 2.75) is 93.7 Å². The standard InChI is InChI=1S/C28H25NO.C4H10.2C2H6/c1-18-9-8-12-23-25(18)21-14-15-22-26(19(2)17-28(3,4)29-22)27(21)24(30-23)16-13-20-10-6-5-7-11-20;1-3-4-2;2*1-2/h5-12,14-15,17,24,29H,1-4H3;3-4H2,1-2H3;2*1-2H3. The second-order valence-corrected chi connectivity index (χ2v) is 9.70. The van der Waals surface area contributed by atoms with Crippen LogP contribution in [0.3, 0.4) is 0 Å². The van der Waals surface area contributed by atoms with Gasteiger partial charge in [-0.3, -0.25) is 0 Å². The quantitative estimate of drug-likeness (QED) is 0.329. The Hall–Kier alpha value is -3.44. The van der Waals surface area contributed by atoms with Crippen LogP contribution in [0.5, 0.6) is 5.75 Å². The molecule has 1 N–H and O–H groups in total. The highest BCUT2D eigenvalue weighted by molar-refractivity contribution is 5.91. The van der Waals surface area contributed by atoms with Gasteiger partial charge in [-0.2, -0.15) is 0 Å². The van der Waals surface area contributed by atoms with E-state index in [9.17, 15) is 0 Å². The summed E-state index contributed by atoms with van der Waals surface area (Å²) in [4.78, 5) is 0. The van der Waals surface area contributed by atoms with Crippen LogP contribution in [0.2, 0.25) is 0 Å². The third-order valence-electron chi connectivity index (χ3n) is 6.31. The summed E-state index contributed by atoms with van der Waals surface area (Å²) in [5, 5.41) is 3.67. The molecule has 0 radical (unpaired) electrons. The van der Waals surface area contributed by atoms with E-state index >= 15 is 0 Å². The summed E-state index contributed by atoms with van der Waals surface area (Å²) in [6.07, 6.45) is 4.61. The Labute approximate surface area is 232 Å². The molecule has 2 aliphatic rings. The highest BCUT2D eigenvalue weighted by Gasteiger charge is 2.33. The van der Waals surface area contributed by atoms with Crippen LogP contribution in [-0.4, -0.2) is 5.54 Å². The van der Waals surface area contributed by atoms with E-state index < -0.39 is 0 Å². The molecular weight excluding hydrogens is 462 g/mol. The zero-order valence-corrected chi connectivity index (χ0v) is 25.3. The monoisotopic (exact) mass is 509 g/mol. The number of allylic oxidation sites excluding steroid dienone is 1. The maximum Gasteiger partial charge on any atom is 0.186 e. The van der Waals surface area contributed by atoms with Gasteiger partial charge >= 0.3 is 0 Å². The molecule has 2 aliphatic heterocycles. The maximum atomic E-state index is 6.50. The number of aryl methyl sites for hydroxylation is 1. The van der Waals surface area contributed by atoms with Crippen LogP contribution in [0.25, 0.3) is 16.7 Å². The van der Waals surface area contributed by atoms with Crippen molar-refractivity contribution in [2.24, 2.45) is 0 Å². The fourth-order valence-electron chi connectivity index (χ4n) is 4.68. The molecule has 0 aliphatic carbocycles. The zero-order chi connectivity index (χ0) is 28.3. The molecule has 3 aromatic carbocycles. The van der Waals surface area contributed by atoms with E-state index in [0.717, 1.165) is 22.6 Å². The van der Waals surface area contributed by atoms with Gasteiger partial charge in [0.1, 0.15) is 5.75 Å². The Balaban J connectivity index is 0.000000571. The first-order chi connectivity index (χ1) is 18.3. The highest BCUT2D eigenvalue weighted by atomic mass is 16.5. The van der Waals surface area contributed by atoms with Crippen molar-refractivity contribution < 1.29 is 4.74 Å². The minimum Gasteiger partial charge on any atom is -0.472 e. The molecule has 0 saturated carbocycles. The number of hydrogen-bond acceptors (Lipinski definition) is 2. The summed E-state index contributed by atoms with van der Waals surface area (Å²) < 4.78 is 6.50. The summed E-state index contributed by atoms with van der Waals surface area (Å²) in [5.41, 5.74) is 9.30. The van der Waals surface area contributed by atoms with Gasteiger partial charge < -0.3 is 10.1 Å². The summed E-state index contributed by atoms with van der Waals surface area (Å²) in [5.74, 6) is 7.65. The SMILES string of the molecule is CC.CC.CC1=CC(C)(C)Nc2ccc3c(c21)C(C#Cc1ccccc1)Oc1cccc(C)c1-3.CCCC. The average molecular weight is 510 g/mol. The van der Waals surface area contributed by atoms with Gasteiger partial charge in [0.2, 0.25) is 0 Å². The third kappa shape index (κ3) is 7.11. The molecule has 0 aromatic heterocycles. The molecule has 0 fully saturated rings. The van der Waals surface area contributed by atoms with Gasteiger partial charge in [-0.05, 0) is 74.6 Å². The molecule has 1 unspecified atom stereocenters. The van der Waals surface area contributed by atoms with Crippen molar-refractivity contribution in [2.75, 3.05) is 5.32 Å². The lowest BCUT2D eigenvalue weighted by Crippen LogP contribution is -2.32. The summed E-state index contributed by atoms with van der Waals surface area (Å²) in [7, 11) is 0. The van der Waals surface area contributed by atoms with Crippen LogP contribution in [0.15, 0.2) is 66.7 Å². The zero-order valence-electron chi connectivity index (χ0n) is 25.3. The maximum absolute atomic E-state index is 6.50. The molecule has 202 valence electrons. The molecule has 0 saturated heterocycles. The minimum atomic E-state index is -0.323. The highest BCUT2D eigenvalue weighted by Crippen LogP contribution is 2.49. The van der Waals surface area contributed by atoms with Crippen LogP contribution in [0, 0.1) is 18.8 Å². The van der Waals surface area contributed by atoms with E-state index in [1.807, 2.05) is 64.1 Å². The van der Waals surface area contributed by atoms with Gasteiger partial charge in [0.15, 0.2) is 6.10 Å². The van der Waals surface area contributed by atoms with Gasteiger partial charge in [-0.25, -0.2) is 0 Å². The van der Waals surface area contributed by atoms with Crippen LogP contribution in [0.4, 0.5) is 5.69 Å². The minimum absolute atomic E-state index is 0.0835. The smallest absolute Gasteiger partial charge is 0.186 e. The molecule has 38 heavy (non-hydrogen) atoms. The number of anilines is 1. The lowest BCUT2D eigenvalue weighted by atomic mass is 9.81. The molecule has 1 atom stereocenters. The van der Waals surface area contributed by atoms with E-state index in [1.165, 1.54) is 40.7 Å². The largest absolute Gasteiger partial charge is 0.472 e. The van der Waals surface area contributed by atoms with Crippen LogP contribution >= 0.6 is 0 Å². The van der Waals surface area contributed by atoms with Crippen molar-refractivity contribution in [3.05, 3.63) is 89.0 Å². The van der Waals surface area contributed by atoms with Gasteiger partial charge in [0, 0.05) is 27.9 Å². The van der Waals surface area contributed by atoms with Gasteiger partial charge in [0.05, 0.1) is 5.54 Å². The second kappa shape index (κ2) is 14.5. The predicted molar refractivity (Wildman–Crippen MR) is 168 cm³/mol. The molecule has 0 bridgehead atoms. The fraction of sp³-hybridized carbons (Fsp3) is 0.389. The molecule has 2 heteroatoms. The number of unbranched alkanes of at least 4 members (excludes halogenated alkanes) is 1. The Morgan fingerprint density at radius 2 is 1.47 bits per heavy atom. The molecule has 2 heterocycles.